The Morgan fingerprint density at radius 3 is 2.64 bits per heavy atom. The Bertz CT molecular complexity index is 901. The Labute approximate surface area is 146 Å². The molecule has 25 heavy (non-hydrogen) atoms. The molecule has 1 heterocycles. The van der Waals surface area contributed by atoms with Gasteiger partial charge in [0.25, 0.3) is 5.91 Å². The van der Waals surface area contributed by atoms with Crippen LogP contribution in [0.4, 0.5) is 0 Å². The summed E-state index contributed by atoms with van der Waals surface area (Å²) in [6, 6.07) is 13.0. The fourth-order valence-corrected chi connectivity index (χ4v) is 4.65. The van der Waals surface area contributed by atoms with Crippen molar-refractivity contribution in [3.8, 4) is 0 Å². The third-order valence-corrected chi connectivity index (χ3v) is 5.94. The largest absolute Gasteiger partial charge is 0.455 e. The molecule has 1 N–H and O–H groups in total. The van der Waals surface area contributed by atoms with Crippen LogP contribution in [-0.4, -0.2) is 44.4 Å². The van der Waals surface area contributed by atoms with Gasteiger partial charge in [-0.2, -0.15) is 0 Å². The van der Waals surface area contributed by atoms with E-state index in [9.17, 15) is 18.0 Å². The molecule has 0 aromatic heterocycles. The first kappa shape index (κ1) is 17.4. The summed E-state index contributed by atoms with van der Waals surface area (Å²) in [7, 11) is -3.06. The maximum atomic E-state index is 12.0. The van der Waals surface area contributed by atoms with Gasteiger partial charge in [0.05, 0.1) is 17.9 Å². The normalized spacial score (nSPS) is 18.8. The minimum Gasteiger partial charge on any atom is -0.455 e. The second kappa shape index (κ2) is 7.23. The van der Waals surface area contributed by atoms with E-state index >= 15 is 0 Å². The van der Waals surface area contributed by atoms with Gasteiger partial charge < -0.3 is 10.1 Å². The lowest BCUT2D eigenvalue weighted by molar-refractivity contribution is -0.148. The third-order valence-electron chi connectivity index (χ3n) is 4.18. The highest BCUT2D eigenvalue weighted by atomic mass is 32.2. The second-order valence-electron chi connectivity index (χ2n) is 6.14. The van der Waals surface area contributed by atoms with Crippen LogP contribution in [0.1, 0.15) is 12.0 Å². The van der Waals surface area contributed by atoms with E-state index < -0.39 is 34.4 Å². The van der Waals surface area contributed by atoms with Gasteiger partial charge in [-0.3, -0.25) is 9.59 Å². The SMILES string of the molecule is O=C(COC(=O)Cc1cccc2ccccc12)N[C@@H]1CCS(=O)(=O)C1. The second-order valence-corrected chi connectivity index (χ2v) is 8.37. The molecule has 0 spiro atoms. The predicted octanol–water partition coefficient (Wildman–Crippen LogP) is 1.23. The fourth-order valence-electron chi connectivity index (χ4n) is 2.98. The molecule has 6 nitrogen and oxygen atoms in total. The lowest BCUT2D eigenvalue weighted by atomic mass is 10.0. The summed E-state index contributed by atoms with van der Waals surface area (Å²) in [6.45, 7) is -0.403. The summed E-state index contributed by atoms with van der Waals surface area (Å²) in [5, 5.41) is 4.60. The third kappa shape index (κ3) is 4.57. The molecule has 1 saturated heterocycles. The molecule has 2 aromatic rings. The number of hydrogen-bond donors (Lipinski definition) is 1. The highest BCUT2D eigenvalue weighted by Crippen LogP contribution is 2.19. The van der Waals surface area contributed by atoms with Crippen LogP contribution in [0.3, 0.4) is 0 Å². The van der Waals surface area contributed by atoms with Crippen LogP contribution in [0, 0.1) is 0 Å². The first-order valence-electron chi connectivity index (χ1n) is 8.05. The Hall–Kier alpha value is -2.41. The van der Waals surface area contributed by atoms with E-state index in [0.717, 1.165) is 16.3 Å². The van der Waals surface area contributed by atoms with Crippen molar-refractivity contribution in [2.75, 3.05) is 18.1 Å². The van der Waals surface area contributed by atoms with E-state index in [1.807, 2.05) is 42.5 Å². The number of benzene rings is 2. The number of ether oxygens (including phenoxy) is 1. The number of nitrogens with one attached hydrogen (secondary N) is 1. The van der Waals surface area contributed by atoms with Gasteiger partial charge in [0, 0.05) is 6.04 Å². The van der Waals surface area contributed by atoms with Gasteiger partial charge in [-0.15, -0.1) is 0 Å². The summed E-state index contributed by atoms with van der Waals surface area (Å²) in [5.74, 6) is -0.944. The summed E-state index contributed by atoms with van der Waals surface area (Å²) in [4.78, 5) is 23.8. The van der Waals surface area contributed by atoms with Crippen LogP contribution in [0.5, 0.6) is 0 Å². The molecule has 1 fully saturated rings. The van der Waals surface area contributed by atoms with Crippen LogP contribution >= 0.6 is 0 Å². The van der Waals surface area contributed by atoms with Crippen LogP contribution in [0.2, 0.25) is 0 Å². The average Bonchev–Trinajstić information content (AvgIpc) is 2.92. The van der Waals surface area contributed by atoms with Crippen molar-refractivity contribution in [1.82, 2.24) is 5.32 Å². The molecule has 0 aliphatic carbocycles. The van der Waals surface area contributed by atoms with Crippen molar-refractivity contribution in [3.63, 3.8) is 0 Å². The molecule has 7 heteroatoms. The lowest BCUT2D eigenvalue weighted by Gasteiger charge is -2.11. The van der Waals surface area contributed by atoms with E-state index in [4.69, 9.17) is 4.74 Å². The molecule has 1 atom stereocenters. The number of carbonyl (C=O) groups is 2. The minimum atomic E-state index is -3.06. The average molecular weight is 361 g/mol. The van der Waals surface area contributed by atoms with Crippen molar-refractivity contribution >= 4 is 32.5 Å². The minimum absolute atomic E-state index is 0.0529. The standard InChI is InChI=1S/C18H19NO5S/c20-17(19-15-8-9-25(22,23)12-15)11-24-18(21)10-14-6-3-5-13-4-1-2-7-16(13)14/h1-7,15H,8-12H2,(H,19,20)/t15-/m1/s1. The topological polar surface area (TPSA) is 89.5 Å². The summed E-state index contributed by atoms with van der Waals surface area (Å²) in [6.07, 6.45) is 0.477. The molecule has 0 radical (unpaired) electrons. The molecule has 132 valence electrons. The molecule has 3 rings (SSSR count). The van der Waals surface area contributed by atoms with Gasteiger partial charge in [-0.1, -0.05) is 42.5 Å². The maximum absolute atomic E-state index is 12.0. The Kier molecular flexibility index (Phi) is 5.03. The number of sulfone groups is 1. The highest BCUT2D eigenvalue weighted by Gasteiger charge is 2.29. The molecule has 0 saturated carbocycles. The summed E-state index contributed by atoms with van der Waals surface area (Å²) >= 11 is 0. The van der Waals surface area contributed by atoms with Gasteiger partial charge >= 0.3 is 5.97 Å². The van der Waals surface area contributed by atoms with Crippen LogP contribution in [0.15, 0.2) is 42.5 Å². The van der Waals surface area contributed by atoms with Gasteiger partial charge in [0.2, 0.25) is 0 Å². The number of fused-ring (bicyclic) bond motifs is 1. The van der Waals surface area contributed by atoms with Crippen LogP contribution in [-0.2, 0) is 30.6 Å². The van der Waals surface area contributed by atoms with Crippen molar-refractivity contribution < 1.29 is 22.7 Å². The van der Waals surface area contributed by atoms with Crippen LogP contribution in [0.25, 0.3) is 10.8 Å². The zero-order chi connectivity index (χ0) is 17.9. The highest BCUT2D eigenvalue weighted by molar-refractivity contribution is 7.91. The lowest BCUT2D eigenvalue weighted by Crippen LogP contribution is -2.38. The summed E-state index contributed by atoms with van der Waals surface area (Å²) < 4.78 is 27.7. The van der Waals surface area contributed by atoms with Crippen molar-refractivity contribution in [2.45, 2.75) is 18.9 Å². The van der Waals surface area contributed by atoms with E-state index in [-0.39, 0.29) is 17.9 Å². The van der Waals surface area contributed by atoms with E-state index in [1.165, 1.54) is 0 Å². The molecule has 2 aromatic carbocycles. The Morgan fingerprint density at radius 2 is 1.88 bits per heavy atom. The van der Waals surface area contributed by atoms with Crippen LogP contribution < -0.4 is 5.32 Å². The number of esters is 1. The molecular formula is C18H19NO5S. The molecule has 1 aliphatic rings. The number of carbonyl (C=O) groups excluding carboxylic acids is 2. The Morgan fingerprint density at radius 1 is 1.12 bits per heavy atom. The molecule has 0 bridgehead atoms. The van der Waals surface area contributed by atoms with E-state index in [0.29, 0.717) is 6.42 Å². The zero-order valence-electron chi connectivity index (χ0n) is 13.6. The van der Waals surface area contributed by atoms with E-state index in [1.54, 1.807) is 0 Å². The van der Waals surface area contributed by atoms with E-state index in [2.05, 4.69) is 5.32 Å². The molecule has 1 aliphatic heterocycles. The molecular weight excluding hydrogens is 342 g/mol. The van der Waals surface area contributed by atoms with Gasteiger partial charge in [-0.25, -0.2) is 8.42 Å². The monoisotopic (exact) mass is 361 g/mol. The zero-order valence-corrected chi connectivity index (χ0v) is 14.4. The molecule has 0 unspecified atom stereocenters. The van der Waals surface area contributed by atoms with Crippen molar-refractivity contribution in [3.05, 3.63) is 48.0 Å². The smallest absolute Gasteiger partial charge is 0.310 e. The first-order valence-corrected chi connectivity index (χ1v) is 9.87. The van der Waals surface area contributed by atoms with Gasteiger partial charge in [0.15, 0.2) is 16.4 Å². The number of hydrogen-bond acceptors (Lipinski definition) is 5. The maximum Gasteiger partial charge on any atom is 0.310 e. The van der Waals surface area contributed by atoms with Gasteiger partial charge in [-0.05, 0) is 22.8 Å². The predicted molar refractivity (Wildman–Crippen MR) is 93.8 cm³/mol. The first-order chi connectivity index (χ1) is 11.9. The Balaban J connectivity index is 1.52. The van der Waals surface area contributed by atoms with Crippen molar-refractivity contribution in [1.29, 1.82) is 0 Å². The number of amides is 1. The van der Waals surface area contributed by atoms with Gasteiger partial charge in [0.1, 0.15) is 0 Å². The summed E-state index contributed by atoms with van der Waals surface area (Å²) in [5.41, 5.74) is 0.838. The van der Waals surface area contributed by atoms with Crippen molar-refractivity contribution in [2.24, 2.45) is 0 Å². The fraction of sp³-hybridized carbons (Fsp3) is 0.333. The molecule has 1 amide bonds. The number of rotatable bonds is 5. The quantitative estimate of drug-likeness (QED) is 0.809.